The van der Waals surface area contributed by atoms with Crippen molar-refractivity contribution in [3.63, 3.8) is 0 Å². The number of alkyl halides is 2. The molecule has 2 atom stereocenters. The monoisotopic (exact) mass is 486 g/mol. The lowest BCUT2D eigenvalue weighted by molar-refractivity contribution is -0.677. The van der Waals surface area contributed by atoms with Crippen molar-refractivity contribution in [2.75, 3.05) is 6.61 Å². The van der Waals surface area contributed by atoms with Crippen molar-refractivity contribution in [1.29, 1.82) is 0 Å². The Morgan fingerprint density at radius 3 is 2.60 bits per heavy atom. The average Bonchev–Trinajstić information content (AvgIpc) is 3.23. The summed E-state index contributed by atoms with van der Waals surface area (Å²) in [6, 6.07) is 8.29. The number of nitrogens with zero attached hydrogens (tertiary/aromatic N) is 2. The summed E-state index contributed by atoms with van der Waals surface area (Å²) in [6.45, 7) is 2.96. The van der Waals surface area contributed by atoms with E-state index >= 15 is 0 Å². The van der Waals surface area contributed by atoms with Gasteiger partial charge in [-0.3, -0.25) is 0 Å². The molecule has 1 saturated carbocycles. The molecule has 0 unspecified atom stereocenters. The predicted molar refractivity (Wildman–Crippen MR) is 103 cm³/mol. The smallest absolute Gasteiger partial charge is 0.343 e. The Balaban J connectivity index is 0.00000320. The van der Waals surface area contributed by atoms with Gasteiger partial charge in [0.25, 0.3) is 5.82 Å². The fourth-order valence-corrected chi connectivity index (χ4v) is 4.01. The molecule has 1 aliphatic rings. The topological polar surface area (TPSA) is 55.3 Å². The molecule has 0 spiro atoms. The van der Waals surface area contributed by atoms with Crippen LogP contribution in [0.25, 0.3) is 0 Å². The lowest BCUT2D eigenvalue weighted by Crippen LogP contribution is -3.00. The summed E-state index contributed by atoms with van der Waals surface area (Å²) in [6.07, 6.45) is 4.64. The van der Waals surface area contributed by atoms with Crippen molar-refractivity contribution < 1.29 is 45.0 Å². The van der Waals surface area contributed by atoms with E-state index in [1.807, 2.05) is 30.9 Å². The Bertz CT molecular complexity index is 844. The molecule has 1 fully saturated rings. The molecule has 1 aliphatic carbocycles. The van der Waals surface area contributed by atoms with Gasteiger partial charge in [0.1, 0.15) is 12.4 Å². The maximum atomic E-state index is 13.8. The van der Waals surface area contributed by atoms with E-state index in [2.05, 4.69) is 4.57 Å². The van der Waals surface area contributed by atoms with Gasteiger partial charge in [0.05, 0.1) is 20.2 Å². The van der Waals surface area contributed by atoms with Crippen LogP contribution < -0.4 is 21.5 Å². The number of rotatable bonds is 8. The number of carbonyl (C=O) groups is 1. The third-order valence-electron chi connectivity index (χ3n) is 5.94. The van der Waals surface area contributed by atoms with Crippen LogP contribution in [0.1, 0.15) is 43.5 Å². The molecule has 8 heteroatoms. The first-order valence-electron chi connectivity index (χ1n) is 10.1. The number of ether oxygens (including phenoxy) is 1. The number of aryl methyl sites for hydroxylation is 2. The van der Waals surface area contributed by atoms with Crippen molar-refractivity contribution in [3.8, 4) is 0 Å². The zero-order chi connectivity index (χ0) is 21.1. The number of carbonyl (C=O) groups excluding carboxylic acids is 1. The summed E-state index contributed by atoms with van der Waals surface area (Å²) in [5.41, 5.74) is -1.74. The van der Waals surface area contributed by atoms with Crippen LogP contribution in [0.5, 0.6) is 0 Å². The lowest BCUT2D eigenvalue weighted by atomic mass is 9.80. The average molecular weight is 487 g/mol. The van der Waals surface area contributed by atoms with Crippen LogP contribution in [-0.2, 0) is 28.7 Å². The lowest BCUT2D eigenvalue weighted by Gasteiger charge is -2.32. The number of benzene rings is 1. The zero-order valence-electron chi connectivity index (χ0n) is 17.4. The maximum Gasteiger partial charge on any atom is 0.343 e. The number of esters is 1. The van der Waals surface area contributed by atoms with E-state index in [4.69, 9.17) is 4.74 Å². The maximum absolute atomic E-state index is 13.8. The summed E-state index contributed by atoms with van der Waals surface area (Å²) < 4.78 is 37.1. The van der Waals surface area contributed by atoms with Gasteiger partial charge in [0.15, 0.2) is 5.60 Å². The van der Waals surface area contributed by atoms with Crippen LogP contribution in [0.4, 0.5) is 8.78 Å². The number of imidazole rings is 1. The molecular weight excluding hydrogens is 458 g/mol. The van der Waals surface area contributed by atoms with E-state index in [1.165, 1.54) is 0 Å². The van der Waals surface area contributed by atoms with Gasteiger partial charge in [-0.25, -0.2) is 22.7 Å². The SMILES string of the molecule is Cc1n(CCCCOC(=O)[C@](O)(c2ccccc2)[C@@H]2CCC(F)(F)C2)cc[n+]1C.[Br-]. The summed E-state index contributed by atoms with van der Waals surface area (Å²) in [4.78, 5) is 12.8. The number of halogens is 3. The van der Waals surface area contributed by atoms with Crippen LogP contribution in [0.3, 0.4) is 0 Å². The molecule has 1 aromatic heterocycles. The van der Waals surface area contributed by atoms with Crippen molar-refractivity contribution in [2.24, 2.45) is 13.0 Å². The van der Waals surface area contributed by atoms with Crippen LogP contribution in [0.2, 0.25) is 0 Å². The minimum Gasteiger partial charge on any atom is -1.00 e. The third kappa shape index (κ3) is 5.27. The Hall–Kier alpha value is -1.80. The Morgan fingerprint density at radius 1 is 1.33 bits per heavy atom. The molecule has 30 heavy (non-hydrogen) atoms. The van der Waals surface area contributed by atoms with Crippen molar-refractivity contribution in [2.45, 2.75) is 57.1 Å². The number of hydrogen-bond acceptors (Lipinski definition) is 3. The van der Waals surface area contributed by atoms with Crippen LogP contribution in [0.15, 0.2) is 42.7 Å². The van der Waals surface area contributed by atoms with E-state index in [0.29, 0.717) is 12.0 Å². The van der Waals surface area contributed by atoms with Gasteiger partial charge in [-0.05, 0) is 24.8 Å². The largest absolute Gasteiger partial charge is 1.00 e. The minimum atomic E-state index is -2.86. The molecule has 3 rings (SSSR count). The molecule has 5 nitrogen and oxygen atoms in total. The van der Waals surface area contributed by atoms with E-state index in [1.54, 1.807) is 30.3 Å². The highest BCUT2D eigenvalue weighted by atomic mass is 79.9. The van der Waals surface area contributed by atoms with Crippen LogP contribution in [-0.4, -0.2) is 28.2 Å². The van der Waals surface area contributed by atoms with E-state index < -0.39 is 29.8 Å². The second-order valence-electron chi connectivity index (χ2n) is 7.92. The molecule has 0 saturated heterocycles. The van der Waals surface area contributed by atoms with Crippen molar-refractivity contribution in [1.82, 2.24) is 4.57 Å². The Kier molecular flexibility index (Phi) is 8.16. The molecule has 1 heterocycles. The van der Waals surface area contributed by atoms with Crippen LogP contribution in [0, 0.1) is 12.8 Å². The normalized spacial score (nSPS) is 19.7. The first-order valence-corrected chi connectivity index (χ1v) is 10.1. The van der Waals surface area contributed by atoms with Crippen molar-refractivity contribution in [3.05, 3.63) is 54.1 Å². The highest BCUT2D eigenvalue weighted by Crippen LogP contribution is 2.47. The zero-order valence-corrected chi connectivity index (χ0v) is 18.9. The fraction of sp³-hybridized carbons (Fsp3) is 0.545. The fourth-order valence-electron chi connectivity index (χ4n) is 4.01. The highest BCUT2D eigenvalue weighted by molar-refractivity contribution is 5.81. The third-order valence-corrected chi connectivity index (χ3v) is 5.94. The molecular formula is C22H29BrF2N2O3. The van der Waals surface area contributed by atoms with E-state index in [0.717, 1.165) is 18.8 Å². The van der Waals surface area contributed by atoms with E-state index in [-0.39, 0.29) is 36.4 Å². The van der Waals surface area contributed by atoms with Gasteiger partial charge in [-0.15, -0.1) is 0 Å². The molecule has 0 aliphatic heterocycles. The molecule has 0 radical (unpaired) electrons. The molecule has 0 bridgehead atoms. The summed E-state index contributed by atoms with van der Waals surface area (Å²) in [5, 5.41) is 11.2. The quantitative estimate of drug-likeness (QED) is 0.331. The van der Waals surface area contributed by atoms with Gasteiger partial charge in [-0.1, -0.05) is 30.3 Å². The van der Waals surface area contributed by atoms with Gasteiger partial charge in [0.2, 0.25) is 5.92 Å². The van der Waals surface area contributed by atoms with Crippen LogP contribution >= 0.6 is 0 Å². The summed E-state index contributed by atoms with van der Waals surface area (Å²) in [7, 11) is 1.98. The second kappa shape index (κ2) is 10.0. The number of hydrogen-bond donors (Lipinski definition) is 1. The molecule has 0 amide bonds. The summed E-state index contributed by atoms with van der Waals surface area (Å²) >= 11 is 0. The van der Waals surface area contributed by atoms with Gasteiger partial charge in [0, 0.05) is 25.7 Å². The van der Waals surface area contributed by atoms with E-state index in [9.17, 15) is 18.7 Å². The summed E-state index contributed by atoms with van der Waals surface area (Å²) in [5.74, 6) is -3.44. The highest BCUT2D eigenvalue weighted by Gasteiger charge is 2.54. The van der Waals surface area contributed by atoms with Crippen molar-refractivity contribution >= 4 is 5.97 Å². The van der Waals surface area contributed by atoms with Gasteiger partial charge >= 0.3 is 5.97 Å². The Morgan fingerprint density at radius 2 is 2.03 bits per heavy atom. The first kappa shape index (κ1) is 24.5. The van der Waals surface area contributed by atoms with Gasteiger partial charge in [-0.2, -0.15) is 0 Å². The first-order chi connectivity index (χ1) is 13.7. The Labute approximate surface area is 186 Å². The predicted octanol–water partition coefficient (Wildman–Crippen LogP) is 0.272. The molecule has 1 N–H and O–H groups in total. The van der Waals surface area contributed by atoms with Gasteiger partial charge < -0.3 is 26.8 Å². The molecule has 166 valence electrons. The number of aliphatic hydroxyl groups is 1. The standard InChI is InChI=1S/C22H29F2N2O3.BrH/c1-17-25(2)13-14-26(17)12-6-7-15-29-20(27)22(28,18-8-4-3-5-9-18)19-10-11-21(23,24)16-19;/h3-5,8-9,13-14,19,28H,6-7,10-12,15-16H2,1-2H3;1H/q+1;/p-1/t19-,22+;/m1./s1. The second-order valence-corrected chi connectivity index (χ2v) is 7.92. The minimum absolute atomic E-state index is 0. The molecule has 2 aromatic rings. The number of unbranched alkanes of at least 4 members (excludes halogenated alkanes) is 1. The molecule has 1 aromatic carbocycles. The number of aromatic nitrogens is 2.